The van der Waals surface area contributed by atoms with E-state index < -0.39 is 0 Å². The molecule has 20 heavy (non-hydrogen) atoms. The highest BCUT2D eigenvalue weighted by Gasteiger charge is 2.39. The number of hydrogen-bond donors (Lipinski definition) is 1. The lowest BCUT2D eigenvalue weighted by Gasteiger charge is -2.27. The molecular formula is C15H22ClN3O. The van der Waals surface area contributed by atoms with Crippen molar-refractivity contribution in [2.45, 2.75) is 38.8 Å². The van der Waals surface area contributed by atoms with Crippen LogP contribution in [-0.2, 0) is 6.54 Å². The first kappa shape index (κ1) is 14.0. The highest BCUT2D eigenvalue weighted by Crippen LogP contribution is 2.36. The molecule has 2 aliphatic rings. The van der Waals surface area contributed by atoms with Crippen LogP contribution >= 0.6 is 11.6 Å². The van der Waals surface area contributed by atoms with Crippen LogP contribution in [0.4, 0.5) is 0 Å². The molecule has 5 heteroatoms. The monoisotopic (exact) mass is 295 g/mol. The molecule has 2 N–H and O–H groups in total. The van der Waals surface area contributed by atoms with Crippen molar-refractivity contribution in [3.8, 4) is 0 Å². The van der Waals surface area contributed by atoms with E-state index in [1.807, 2.05) is 22.6 Å². The van der Waals surface area contributed by atoms with Gasteiger partial charge in [-0.05, 0) is 44.1 Å². The summed E-state index contributed by atoms with van der Waals surface area (Å²) in [6.07, 6.45) is 5.14. The third kappa shape index (κ3) is 2.47. The van der Waals surface area contributed by atoms with Crippen LogP contribution in [0, 0.1) is 11.8 Å². The summed E-state index contributed by atoms with van der Waals surface area (Å²) in [4.78, 5) is 14.7. The lowest BCUT2D eigenvalue weighted by molar-refractivity contribution is 0.0773. The molecule has 0 radical (unpaired) electrons. The first-order chi connectivity index (χ1) is 9.58. The molecule has 1 aliphatic heterocycles. The molecule has 1 saturated carbocycles. The first-order valence-corrected chi connectivity index (χ1v) is 7.86. The van der Waals surface area contributed by atoms with E-state index in [0.29, 0.717) is 28.6 Å². The summed E-state index contributed by atoms with van der Waals surface area (Å²) >= 11 is 6.03. The molecule has 1 amide bonds. The largest absolute Gasteiger partial charge is 0.342 e. The van der Waals surface area contributed by atoms with Gasteiger partial charge in [0.05, 0.1) is 5.02 Å². The van der Waals surface area contributed by atoms with Crippen molar-refractivity contribution in [3.05, 3.63) is 23.0 Å². The van der Waals surface area contributed by atoms with Gasteiger partial charge in [0.1, 0.15) is 5.69 Å². The summed E-state index contributed by atoms with van der Waals surface area (Å²) in [5.74, 6) is 1.34. The van der Waals surface area contributed by atoms with Crippen LogP contribution in [0.1, 0.15) is 36.7 Å². The van der Waals surface area contributed by atoms with E-state index in [-0.39, 0.29) is 5.91 Å². The SMILES string of the molecule is CCn1cc(Cl)cc1C(=O)N1C[C@H]2CCC(N)C[C@H]2C1. The normalized spacial score (nSPS) is 29.6. The Morgan fingerprint density at radius 3 is 2.90 bits per heavy atom. The highest BCUT2D eigenvalue weighted by molar-refractivity contribution is 6.31. The van der Waals surface area contributed by atoms with Gasteiger partial charge in [-0.2, -0.15) is 0 Å². The second-order valence-electron chi connectivity index (χ2n) is 6.13. The highest BCUT2D eigenvalue weighted by atomic mass is 35.5. The van der Waals surface area contributed by atoms with Crippen molar-refractivity contribution in [1.29, 1.82) is 0 Å². The molecule has 1 saturated heterocycles. The quantitative estimate of drug-likeness (QED) is 0.910. The average molecular weight is 296 g/mol. The molecule has 2 heterocycles. The van der Waals surface area contributed by atoms with Crippen LogP contribution in [0.15, 0.2) is 12.3 Å². The maximum absolute atomic E-state index is 12.7. The Kier molecular flexibility index (Phi) is 3.78. The van der Waals surface area contributed by atoms with Gasteiger partial charge in [0.2, 0.25) is 0 Å². The van der Waals surface area contributed by atoms with E-state index in [9.17, 15) is 4.79 Å². The summed E-state index contributed by atoms with van der Waals surface area (Å²) in [5, 5.41) is 0.633. The number of nitrogens with two attached hydrogens (primary N) is 1. The van der Waals surface area contributed by atoms with Crippen LogP contribution in [0.5, 0.6) is 0 Å². The number of likely N-dealkylation sites (tertiary alicyclic amines) is 1. The van der Waals surface area contributed by atoms with Crippen LogP contribution in [0.2, 0.25) is 5.02 Å². The first-order valence-electron chi connectivity index (χ1n) is 7.49. The van der Waals surface area contributed by atoms with Crippen molar-refractivity contribution in [1.82, 2.24) is 9.47 Å². The van der Waals surface area contributed by atoms with Gasteiger partial charge < -0.3 is 15.2 Å². The third-order valence-corrected chi connectivity index (χ3v) is 5.01. The van der Waals surface area contributed by atoms with Crippen molar-refractivity contribution in [2.75, 3.05) is 13.1 Å². The van der Waals surface area contributed by atoms with Gasteiger partial charge in [0.25, 0.3) is 5.91 Å². The van der Waals surface area contributed by atoms with Gasteiger partial charge in [-0.15, -0.1) is 0 Å². The Labute approximate surface area is 124 Å². The van der Waals surface area contributed by atoms with Gasteiger partial charge >= 0.3 is 0 Å². The molecule has 0 spiro atoms. The smallest absolute Gasteiger partial charge is 0.270 e. The van der Waals surface area contributed by atoms with Gasteiger partial charge in [0.15, 0.2) is 0 Å². The predicted octanol–water partition coefficient (Wildman–Crippen LogP) is 2.36. The zero-order valence-electron chi connectivity index (χ0n) is 11.9. The van der Waals surface area contributed by atoms with Gasteiger partial charge in [0, 0.05) is 31.9 Å². The van der Waals surface area contributed by atoms with Gasteiger partial charge in [-0.1, -0.05) is 11.6 Å². The summed E-state index contributed by atoms with van der Waals surface area (Å²) in [5.41, 5.74) is 6.76. The Bertz CT molecular complexity index is 513. The van der Waals surface area contributed by atoms with E-state index >= 15 is 0 Å². The van der Waals surface area contributed by atoms with E-state index in [1.54, 1.807) is 6.07 Å². The average Bonchev–Trinajstić information content (AvgIpc) is 3.00. The number of aromatic nitrogens is 1. The minimum Gasteiger partial charge on any atom is -0.342 e. The van der Waals surface area contributed by atoms with Crippen LogP contribution in [0.3, 0.4) is 0 Å². The summed E-state index contributed by atoms with van der Waals surface area (Å²) < 4.78 is 1.93. The Morgan fingerprint density at radius 2 is 2.15 bits per heavy atom. The van der Waals surface area contributed by atoms with Crippen molar-refractivity contribution in [3.63, 3.8) is 0 Å². The number of hydrogen-bond acceptors (Lipinski definition) is 2. The molecule has 0 aromatic carbocycles. The molecule has 4 nitrogen and oxygen atoms in total. The predicted molar refractivity (Wildman–Crippen MR) is 79.8 cm³/mol. The van der Waals surface area contributed by atoms with Crippen LogP contribution < -0.4 is 5.73 Å². The molecule has 3 atom stereocenters. The molecule has 1 aromatic rings. The summed E-state index contributed by atoms with van der Waals surface area (Å²) in [7, 11) is 0. The van der Waals surface area contributed by atoms with Gasteiger partial charge in [-0.3, -0.25) is 4.79 Å². The number of fused-ring (bicyclic) bond motifs is 1. The third-order valence-electron chi connectivity index (χ3n) is 4.80. The van der Waals surface area contributed by atoms with Crippen molar-refractivity contribution in [2.24, 2.45) is 17.6 Å². The molecule has 110 valence electrons. The minimum atomic E-state index is 0.113. The van der Waals surface area contributed by atoms with Crippen LogP contribution in [-0.4, -0.2) is 34.5 Å². The Hall–Kier alpha value is -1.00. The molecule has 1 aromatic heterocycles. The molecule has 3 rings (SSSR count). The van der Waals surface area contributed by atoms with E-state index in [2.05, 4.69) is 0 Å². The maximum Gasteiger partial charge on any atom is 0.270 e. The second kappa shape index (κ2) is 5.41. The maximum atomic E-state index is 12.7. The Morgan fingerprint density at radius 1 is 1.40 bits per heavy atom. The number of rotatable bonds is 2. The van der Waals surface area contributed by atoms with Gasteiger partial charge in [-0.25, -0.2) is 0 Å². The van der Waals surface area contributed by atoms with Crippen molar-refractivity contribution >= 4 is 17.5 Å². The molecule has 2 fully saturated rings. The molecular weight excluding hydrogens is 274 g/mol. The zero-order valence-corrected chi connectivity index (χ0v) is 12.6. The van der Waals surface area contributed by atoms with Crippen LogP contribution in [0.25, 0.3) is 0 Å². The molecule has 1 aliphatic carbocycles. The fraction of sp³-hybridized carbons (Fsp3) is 0.667. The number of amides is 1. The fourth-order valence-corrected chi connectivity index (χ4v) is 3.93. The van der Waals surface area contributed by atoms with E-state index in [1.165, 1.54) is 0 Å². The number of carbonyl (C=O) groups is 1. The summed E-state index contributed by atoms with van der Waals surface area (Å²) in [6.45, 7) is 4.52. The summed E-state index contributed by atoms with van der Waals surface area (Å²) in [6, 6.07) is 2.10. The minimum absolute atomic E-state index is 0.113. The lowest BCUT2D eigenvalue weighted by Crippen LogP contribution is -2.32. The van der Waals surface area contributed by atoms with E-state index in [0.717, 1.165) is 38.9 Å². The van der Waals surface area contributed by atoms with Crippen molar-refractivity contribution < 1.29 is 4.79 Å². The number of carbonyl (C=O) groups excluding carboxylic acids is 1. The second-order valence-corrected chi connectivity index (χ2v) is 6.57. The Balaban J connectivity index is 1.75. The standard InChI is InChI=1S/C15H22ClN3O/c1-2-18-9-12(16)6-14(18)15(20)19-7-10-3-4-13(17)5-11(10)8-19/h6,9-11,13H,2-5,7-8,17H2,1H3/t10-,11+,13?/m1/s1. The van der Waals surface area contributed by atoms with E-state index in [4.69, 9.17) is 17.3 Å². The fourth-order valence-electron chi connectivity index (χ4n) is 3.71. The topological polar surface area (TPSA) is 51.3 Å². The zero-order chi connectivity index (χ0) is 14.3. The lowest BCUT2D eigenvalue weighted by atomic mass is 9.79. The number of nitrogens with zero attached hydrogens (tertiary/aromatic N) is 2. The molecule has 0 bridgehead atoms. The molecule has 1 unspecified atom stereocenters. The number of aryl methyl sites for hydroxylation is 1. The number of halogens is 1.